The van der Waals surface area contributed by atoms with Crippen LogP contribution in [0.3, 0.4) is 0 Å². The number of hydrogen-bond donors (Lipinski definition) is 1. The van der Waals surface area contributed by atoms with Crippen LogP contribution in [0.2, 0.25) is 0 Å². The summed E-state index contributed by atoms with van der Waals surface area (Å²) in [6.07, 6.45) is 1.26. The van der Waals surface area contributed by atoms with E-state index in [1.807, 2.05) is 13.8 Å². The summed E-state index contributed by atoms with van der Waals surface area (Å²) in [6, 6.07) is -0.0423. The quantitative estimate of drug-likeness (QED) is 0.916. The average molecular weight is 297 g/mol. The Morgan fingerprint density at radius 3 is 2.86 bits per heavy atom. The molecule has 1 fully saturated rings. The van der Waals surface area contributed by atoms with Gasteiger partial charge in [-0.1, -0.05) is 13.8 Å². The maximum absolute atomic E-state index is 13.7. The van der Waals surface area contributed by atoms with Crippen molar-refractivity contribution in [3.8, 4) is 0 Å². The third-order valence-corrected chi connectivity index (χ3v) is 3.30. The van der Waals surface area contributed by atoms with Crippen LogP contribution in [0.5, 0.6) is 0 Å². The van der Waals surface area contributed by atoms with Crippen LogP contribution >= 0.6 is 0 Å². The van der Waals surface area contributed by atoms with E-state index in [0.717, 1.165) is 6.20 Å². The fourth-order valence-corrected chi connectivity index (χ4v) is 2.35. The lowest BCUT2D eigenvalue weighted by Gasteiger charge is -2.35. The predicted octanol–water partition coefficient (Wildman–Crippen LogP) is 1.35. The van der Waals surface area contributed by atoms with Crippen LogP contribution < -0.4 is 5.32 Å². The molecule has 0 saturated carbocycles. The molecule has 2 heterocycles. The Morgan fingerprint density at radius 1 is 1.52 bits per heavy atom. The van der Waals surface area contributed by atoms with E-state index in [9.17, 15) is 18.4 Å². The van der Waals surface area contributed by atoms with Gasteiger partial charge in [-0.3, -0.25) is 9.59 Å². The molecule has 7 heteroatoms. The Bertz CT molecular complexity index is 563. The number of aromatic nitrogens is 1. The van der Waals surface area contributed by atoms with E-state index in [-0.39, 0.29) is 18.4 Å². The molecule has 1 aromatic heterocycles. The van der Waals surface area contributed by atoms with Gasteiger partial charge in [0, 0.05) is 19.2 Å². The number of pyridine rings is 1. The highest BCUT2D eigenvalue weighted by atomic mass is 19.1. The molecule has 0 spiro atoms. The van der Waals surface area contributed by atoms with E-state index in [1.165, 1.54) is 4.90 Å². The van der Waals surface area contributed by atoms with Gasteiger partial charge in [-0.2, -0.15) is 0 Å². The van der Waals surface area contributed by atoms with Gasteiger partial charge in [0.15, 0.2) is 11.5 Å². The van der Waals surface area contributed by atoms with Gasteiger partial charge in [0.25, 0.3) is 5.91 Å². The molecule has 1 aromatic rings. The van der Waals surface area contributed by atoms with Crippen LogP contribution in [0.15, 0.2) is 12.3 Å². The van der Waals surface area contributed by atoms with Crippen molar-refractivity contribution in [3.63, 3.8) is 0 Å². The number of nitrogens with one attached hydrogen (secondary N) is 1. The summed E-state index contributed by atoms with van der Waals surface area (Å²) in [5.41, 5.74) is -0.458. The number of nitrogens with zero attached hydrogens (tertiary/aromatic N) is 2. The van der Waals surface area contributed by atoms with Crippen molar-refractivity contribution in [2.75, 3.05) is 13.1 Å². The van der Waals surface area contributed by atoms with Gasteiger partial charge in [0.2, 0.25) is 5.91 Å². The fraction of sp³-hybridized carbons (Fsp3) is 0.500. The number of carbonyl (C=O) groups excluding carboxylic acids is 2. The smallest absolute Gasteiger partial charge is 0.276 e. The maximum atomic E-state index is 13.7. The van der Waals surface area contributed by atoms with Crippen LogP contribution in [-0.4, -0.2) is 40.8 Å². The van der Waals surface area contributed by atoms with Crippen molar-refractivity contribution in [3.05, 3.63) is 29.6 Å². The zero-order chi connectivity index (χ0) is 15.6. The van der Waals surface area contributed by atoms with Crippen molar-refractivity contribution >= 4 is 11.8 Å². The summed E-state index contributed by atoms with van der Waals surface area (Å²) in [5, 5.41) is 2.69. The Morgan fingerprint density at radius 2 is 2.24 bits per heavy atom. The summed E-state index contributed by atoms with van der Waals surface area (Å²) >= 11 is 0. The molecule has 5 nitrogen and oxygen atoms in total. The Hall–Kier alpha value is -2.05. The molecule has 1 N–H and O–H groups in total. The second-order valence-corrected chi connectivity index (χ2v) is 5.42. The van der Waals surface area contributed by atoms with Gasteiger partial charge in [-0.25, -0.2) is 13.8 Å². The number of piperazine rings is 1. The molecular formula is C14H17F2N3O2. The molecule has 0 aliphatic carbocycles. The minimum absolute atomic E-state index is 0.195. The first kappa shape index (κ1) is 15.3. The third kappa shape index (κ3) is 3.34. The molecule has 1 saturated heterocycles. The highest BCUT2D eigenvalue weighted by molar-refractivity contribution is 5.97. The second kappa shape index (κ2) is 6.15. The molecule has 1 aliphatic rings. The van der Waals surface area contributed by atoms with Crippen LogP contribution in [0.1, 0.15) is 30.8 Å². The number of halogens is 2. The first-order valence-electron chi connectivity index (χ1n) is 6.80. The van der Waals surface area contributed by atoms with Crippen molar-refractivity contribution in [1.82, 2.24) is 15.2 Å². The Balaban J connectivity index is 2.28. The minimum atomic E-state index is -1.02. The van der Waals surface area contributed by atoms with Crippen molar-refractivity contribution in [2.24, 2.45) is 5.92 Å². The molecule has 21 heavy (non-hydrogen) atoms. The summed E-state index contributed by atoms with van der Waals surface area (Å²) in [4.78, 5) is 29.2. The number of amides is 2. The van der Waals surface area contributed by atoms with Gasteiger partial charge < -0.3 is 10.2 Å². The molecule has 114 valence electrons. The van der Waals surface area contributed by atoms with E-state index < -0.39 is 29.3 Å². The van der Waals surface area contributed by atoms with E-state index in [1.54, 1.807) is 0 Å². The average Bonchev–Trinajstić information content (AvgIpc) is 2.40. The predicted molar refractivity (Wildman–Crippen MR) is 71.4 cm³/mol. The molecule has 2 amide bonds. The van der Waals surface area contributed by atoms with Crippen molar-refractivity contribution < 1.29 is 18.4 Å². The maximum Gasteiger partial charge on any atom is 0.276 e. The first-order chi connectivity index (χ1) is 9.90. The largest absolute Gasteiger partial charge is 0.353 e. The summed E-state index contributed by atoms with van der Waals surface area (Å²) in [7, 11) is 0. The van der Waals surface area contributed by atoms with E-state index in [0.29, 0.717) is 19.0 Å². The van der Waals surface area contributed by atoms with E-state index >= 15 is 0 Å². The Kier molecular flexibility index (Phi) is 4.50. The van der Waals surface area contributed by atoms with Crippen LogP contribution in [0.4, 0.5) is 8.78 Å². The van der Waals surface area contributed by atoms with E-state index in [4.69, 9.17) is 0 Å². The standard InChI is InChI=1S/C14H17F2N3O2/c1-8(2)5-11-13(20)17-3-4-19(11)14(21)12-10(16)6-9(15)7-18-12/h6-8,11H,3-5H2,1-2H3,(H,17,20). The van der Waals surface area contributed by atoms with E-state index in [2.05, 4.69) is 10.3 Å². The summed E-state index contributed by atoms with van der Waals surface area (Å²) in [5.74, 6) is -2.62. The van der Waals surface area contributed by atoms with Gasteiger partial charge in [-0.05, 0) is 12.3 Å². The fourth-order valence-electron chi connectivity index (χ4n) is 2.35. The lowest BCUT2D eigenvalue weighted by molar-refractivity contribution is -0.128. The molecule has 0 aromatic carbocycles. The van der Waals surface area contributed by atoms with Gasteiger partial charge in [-0.15, -0.1) is 0 Å². The lowest BCUT2D eigenvalue weighted by Crippen LogP contribution is -2.57. The topological polar surface area (TPSA) is 62.3 Å². The van der Waals surface area contributed by atoms with Gasteiger partial charge in [0.05, 0.1) is 6.20 Å². The first-order valence-corrected chi connectivity index (χ1v) is 6.80. The highest BCUT2D eigenvalue weighted by Crippen LogP contribution is 2.18. The number of rotatable bonds is 3. The van der Waals surface area contributed by atoms with Crippen molar-refractivity contribution in [2.45, 2.75) is 26.3 Å². The lowest BCUT2D eigenvalue weighted by atomic mass is 9.99. The molecule has 1 aliphatic heterocycles. The van der Waals surface area contributed by atoms with Gasteiger partial charge >= 0.3 is 0 Å². The van der Waals surface area contributed by atoms with Crippen LogP contribution in [0, 0.1) is 17.6 Å². The number of hydrogen-bond acceptors (Lipinski definition) is 3. The monoisotopic (exact) mass is 297 g/mol. The molecule has 0 radical (unpaired) electrons. The van der Waals surface area contributed by atoms with Gasteiger partial charge in [0.1, 0.15) is 11.9 Å². The molecular weight excluding hydrogens is 280 g/mol. The summed E-state index contributed by atoms with van der Waals surface area (Å²) in [6.45, 7) is 4.45. The normalized spacial score (nSPS) is 18.8. The number of carbonyl (C=O) groups is 2. The van der Waals surface area contributed by atoms with Crippen LogP contribution in [-0.2, 0) is 4.79 Å². The minimum Gasteiger partial charge on any atom is -0.353 e. The molecule has 1 unspecified atom stereocenters. The molecule has 2 rings (SSSR count). The Labute approximate surface area is 121 Å². The third-order valence-electron chi connectivity index (χ3n) is 3.30. The zero-order valence-electron chi connectivity index (χ0n) is 11.9. The molecule has 0 bridgehead atoms. The second-order valence-electron chi connectivity index (χ2n) is 5.42. The highest BCUT2D eigenvalue weighted by Gasteiger charge is 2.35. The SMILES string of the molecule is CC(C)CC1C(=O)NCCN1C(=O)c1ncc(F)cc1F. The molecule has 1 atom stereocenters. The van der Waals surface area contributed by atoms with Crippen molar-refractivity contribution in [1.29, 1.82) is 0 Å². The van der Waals surface area contributed by atoms with Crippen LogP contribution in [0.25, 0.3) is 0 Å². The zero-order valence-corrected chi connectivity index (χ0v) is 11.9. The summed E-state index contributed by atoms with van der Waals surface area (Å²) < 4.78 is 26.6.